The molecule has 0 heterocycles. The van der Waals surface area contributed by atoms with E-state index in [1.165, 1.54) is 7.05 Å². The van der Waals surface area contributed by atoms with Gasteiger partial charge in [-0.05, 0) is 11.6 Å². The molecule has 0 unspecified atom stereocenters. The third kappa shape index (κ3) is 4.34. The number of hydrogen-bond acceptors (Lipinski definition) is 2. The largest absolute Gasteiger partial charge is 0.398 e. The summed E-state index contributed by atoms with van der Waals surface area (Å²) in [6, 6.07) is 6.74. The van der Waals surface area contributed by atoms with E-state index < -0.39 is 18.5 Å². The summed E-state index contributed by atoms with van der Waals surface area (Å²) in [4.78, 5) is 12.3. The van der Waals surface area contributed by atoms with Crippen LogP contribution < -0.4 is 5.73 Å². The Labute approximate surface area is 97.0 Å². The summed E-state index contributed by atoms with van der Waals surface area (Å²) in [5.41, 5.74) is 6.72. The quantitative estimate of drug-likeness (QED) is 0.831. The predicted molar refractivity (Wildman–Crippen MR) is 58.0 cm³/mol. The van der Waals surface area contributed by atoms with Gasteiger partial charge in [-0.3, -0.25) is 4.79 Å². The van der Waals surface area contributed by atoms with Gasteiger partial charge in [-0.15, -0.1) is 0 Å². The first-order valence-corrected chi connectivity index (χ1v) is 4.93. The molecule has 0 saturated heterocycles. The maximum atomic E-state index is 12.0. The number of carbonyl (C=O) groups is 1. The molecule has 3 nitrogen and oxygen atoms in total. The van der Waals surface area contributed by atoms with Gasteiger partial charge in [0.05, 0.1) is 0 Å². The zero-order chi connectivity index (χ0) is 13.1. The highest BCUT2D eigenvalue weighted by molar-refractivity contribution is 5.76. The number of para-hydroxylation sites is 1. The van der Waals surface area contributed by atoms with Crippen LogP contribution in [0.15, 0.2) is 24.3 Å². The van der Waals surface area contributed by atoms with Crippen molar-refractivity contribution in [2.24, 2.45) is 0 Å². The number of halogens is 3. The van der Waals surface area contributed by atoms with Crippen LogP contribution in [0.5, 0.6) is 0 Å². The highest BCUT2D eigenvalue weighted by Gasteiger charge is 2.32. The minimum absolute atomic E-state index is 0.0710. The smallest absolute Gasteiger partial charge is 0.397 e. The lowest BCUT2D eigenvalue weighted by Crippen LogP contribution is -2.30. The fourth-order valence-corrected chi connectivity index (χ4v) is 1.33. The summed E-state index contributed by atoms with van der Waals surface area (Å²) in [5.74, 6) is -0.972. The van der Waals surface area contributed by atoms with E-state index in [1.807, 2.05) is 0 Å². The Morgan fingerprint density at radius 2 is 1.94 bits per heavy atom. The van der Waals surface area contributed by atoms with Crippen LogP contribution in [0.1, 0.15) is 12.0 Å². The molecule has 0 atom stereocenters. The van der Waals surface area contributed by atoms with Gasteiger partial charge in [-0.1, -0.05) is 18.2 Å². The Morgan fingerprint density at radius 3 is 2.47 bits per heavy atom. The second-order valence-corrected chi connectivity index (χ2v) is 3.74. The van der Waals surface area contributed by atoms with Gasteiger partial charge in [0.15, 0.2) is 0 Å². The number of nitrogens with zero attached hydrogens (tertiary/aromatic N) is 1. The van der Waals surface area contributed by atoms with Gasteiger partial charge in [0.1, 0.15) is 6.42 Å². The first-order valence-electron chi connectivity index (χ1n) is 4.93. The number of anilines is 1. The number of benzene rings is 1. The minimum Gasteiger partial charge on any atom is -0.398 e. The van der Waals surface area contributed by atoms with Crippen molar-refractivity contribution in [3.05, 3.63) is 29.8 Å². The highest BCUT2D eigenvalue weighted by atomic mass is 19.4. The molecule has 0 aromatic heterocycles. The second kappa shape index (κ2) is 5.07. The SMILES string of the molecule is CN(Cc1ccccc1N)C(=O)CC(F)(F)F. The van der Waals surface area contributed by atoms with Crippen molar-refractivity contribution in [3.8, 4) is 0 Å². The summed E-state index contributed by atoms with van der Waals surface area (Å²) in [5, 5.41) is 0. The first-order chi connectivity index (χ1) is 7.79. The van der Waals surface area contributed by atoms with Gasteiger partial charge in [0, 0.05) is 19.3 Å². The molecular weight excluding hydrogens is 233 g/mol. The molecule has 0 bridgehead atoms. The van der Waals surface area contributed by atoms with Gasteiger partial charge in [0.2, 0.25) is 5.91 Å². The molecule has 0 saturated carbocycles. The number of rotatable bonds is 3. The number of amides is 1. The summed E-state index contributed by atoms with van der Waals surface area (Å²) >= 11 is 0. The van der Waals surface area contributed by atoms with Crippen molar-refractivity contribution in [1.29, 1.82) is 0 Å². The minimum atomic E-state index is -4.48. The highest BCUT2D eigenvalue weighted by Crippen LogP contribution is 2.21. The van der Waals surface area contributed by atoms with Crippen molar-refractivity contribution in [1.82, 2.24) is 4.90 Å². The van der Waals surface area contributed by atoms with Crippen LogP contribution >= 0.6 is 0 Å². The Balaban J connectivity index is 2.64. The van der Waals surface area contributed by atoms with Crippen LogP contribution in [0, 0.1) is 0 Å². The van der Waals surface area contributed by atoms with Crippen LogP contribution in [-0.4, -0.2) is 24.0 Å². The summed E-state index contributed by atoms with van der Waals surface area (Å²) in [6.45, 7) is 0.0710. The summed E-state index contributed by atoms with van der Waals surface area (Å²) in [7, 11) is 1.32. The number of carbonyl (C=O) groups excluding carboxylic acids is 1. The van der Waals surface area contributed by atoms with Crippen LogP contribution in [0.4, 0.5) is 18.9 Å². The molecule has 1 amide bonds. The average molecular weight is 246 g/mol. The van der Waals surface area contributed by atoms with E-state index in [0.717, 1.165) is 4.90 Å². The average Bonchev–Trinajstić information content (AvgIpc) is 2.18. The number of alkyl halides is 3. The molecule has 0 aliphatic carbocycles. The van der Waals surface area contributed by atoms with Crippen molar-refractivity contribution in [3.63, 3.8) is 0 Å². The summed E-state index contributed by atoms with van der Waals surface area (Å²) < 4.78 is 36.0. The molecular formula is C11H13F3N2O. The Kier molecular flexibility index (Phi) is 3.98. The molecule has 17 heavy (non-hydrogen) atoms. The molecule has 1 aromatic carbocycles. The lowest BCUT2D eigenvalue weighted by Gasteiger charge is -2.19. The van der Waals surface area contributed by atoms with E-state index in [2.05, 4.69) is 0 Å². The summed E-state index contributed by atoms with van der Waals surface area (Å²) in [6.07, 6.45) is -5.93. The lowest BCUT2D eigenvalue weighted by atomic mass is 10.1. The molecule has 2 N–H and O–H groups in total. The van der Waals surface area contributed by atoms with Crippen molar-refractivity contribution in [2.75, 3.05) is 12.8 Å². The van der Waals surface area contributed by atoms with Gasteiger partial charge in [0.25, 0.3) is 0 Å². The fraction of sp³-hybridized carbons (Fsp3) is 0.364. The molecule has 6 heteroatoms. The Hall–Kier alpha value is -1.72. The van der Waals surface area contributed by atoms with Gasteiger partial charge < -0.3 is 10.6 Å². The van der Waals surface area contributed by atoms with Crippen LogP contribution in [-0.2, 0) is 11.3 Å². The van der Waals surface area contributed by atoms with E-state index in [4.69, 9.17) is 5.73 Å². The normalized spacial score (nSPS) is 11.3. The molecule has 0 spiro atoms. The topological polar surface area (TPSA) is 46.3 Å². The Bertz CT molecular complexity index is 404. The fourth-order valence-electron chi connectivity index (χ4n) is 1.33. The molecule has 0 aliphatic heterocycles. The molecule has 0 radical (unpaired) electrons. The molecule has 0 fully saturated rings. The maximum absolute atomic E-state index is 12.0. The first kappa shape index (κ1) is 13.3. The third-order valence-corrected chi connectivity index (χ3v) is 2.24. The van der Waals surface area contributed by atoms with Crippen molar-refractivity contribution in [2.45, 2.75) is 19.1 Å². The van der Waals surface area contributed by atoms with Crippen LogP contribution in [0.25, 0.3) is 0 Å². The lowest BCUT2D eigenvalue weighted by molar-refractivity contribution is -0.160. The monoisotopic (exact) mass is 246 g/mol. The maximum Gasteiger partial charge on any atom is 0.397 e. The Morgan fingerprint density at radius 1 is 1.35 bits per heavy atom. The van der Waals surface area contributed by atoms with E-state index in [9.17, 15) is 18.0 Å². The van der Waals surface area contributed by atoms with E-state index in [-0.39, 0.29) is 6.54 Å². The zero-order valence-electron chi connectivity index (χ0n) is 9.29. The van der Waals surface area contributed by atoms with E-state index in [1.54, 1.807) is 24.3 Å². The van der Waals surface area contributed by atoms with Crippen molar-refractivity contribution < 1.29 is 18.0 Å². The second-order valence-electron chi connectivity index (χ2n) is 3.74. The zero-order valence-corrected chi connectivity index (χ0v) is 9.29. The molecule has 94 valence electrons. The molecule has 0 aliphatic rings. The molecule has 1 aromatic rings. The predicted octanol–water partition coefficient (Wildman–Crippen LogP) is 2.18. The van der Waals surface area contributed by atoms with Gasteiger partial charge in [-0.25, -0.2) is 0 Å². The van der Waals surface area contributed by atoms with Crippen LogP contribution in [0.3, 0.4) is 0 Å². The molecule has 1 rings (SSSR count). The van der Waals surface area contributed by atoms with Gasteiger partial charge in [-0.2, -0.15) is 13.2 Å². The number of nitrogens with two attached hydrogens (primary N) is 1. The third-order valence-electron chi connectivity index (χ3n) is 2.24. The van der Waals surface area contributed by atoms with E-state index in [0.29, 0.717) is 11.3 Å². The van der Waals surface area contributed by atoms with E-state index >= 15 is 0 Å². The standard InChI is InChI=1S/C11H13F3N2O/c1-16(10(17)6-11(12,13)14)7-8-4-2-3-5-9(8)15/h2-5H,6-7,15H2,1H3. The number of hydrogen-bond donors (Lipinski definition) is 1. The number of nitrogen functional groups attached to an aromatic ring is 1. The van der Waals surface area contributed by atoms with Crippen molar-refractivity contribution >= 4 is 11.6 Å². The van der Waals surface area contributed by atoms with Gasteiger partial charge >= 0.3 is 6.18 Å². The van der Waals surface area contributed by atoms with Crippen LogP contribution in [0.2, 0.25) is 0 Å².